The van der Waals surface area contributed by atoms with Crippen molar-refractivity contribution in [3.63, 3.8) is 0 Å². The van der Waals surface area contributed by atoms with Gasteiger partial charge in [-0.1, -0.05) is 48.9 Å². The first kappa shape index (κ1) is 14.7. The van der Waals surface area contributed by atoms with E-state index in [9.17, 15) is 0 Å². The Labute approximate surface area is 125 Å². The summed E-state index contributed by atoms with van der Waals surface area (Å²) in [6.07, 6.45) is 5.27. The molecule has 1 aliphatic carbocycles. The molecule has 2 unspecified atom stereocenters. The molecule has 1 N–H and O–H groups in total. The van der Waals surface area contributed by atoms with Crippen LogP contribution >= 0.6 is 24.2 Å². The number of benzene rings is 1. The van der Waals surface area contributed by atoms with Crippen LogP contribution in [0, 0.1) is 6.92 Å². The van der Waals surface area contributed by atoms with Crippen molar-refractivity contribution in [3.05, 3.63) is 35.4 Å². The van der Waals surface area contributed by atoms with E-state index in [1.807, 2.05) is 11.8 Å². The lowest BCUT2D eigenvalue weighted by molar-refractivity contribution is 0.385. The van der Waals surface area contributed by atoms with Gasteiger partial charge in [0.15, 0.2) is 5.17 Å². The zero-order chi connectivity index (χ0) is 12.4. The minimum absolute atomic E-state index is 0. The normalized spacial score (nSPS) is 25.0. The molecule has 1 fully saturated rings. The molecule has 2 aliphatic rings. The standard InChI is InChI=1S/C15H20N2S.ClH/c1-11-6-2-3-7-12(11)10-18-15-16-13-8-4-5-9-14(13)17-15;/h2-3,6-7,13-14H,4-5,8-10H2,1H3,(H,16,17);1H. The Hall–Kier alpha value is -0.670. The molecule has 0 saturated heterocycles. The van der Waals surface area contributed by atoms with Crippen molar-refractivity contribution in [2.75, 3.05) is 0 Å². The van der Waals surface area contributed by atoms with Gasteiger partial charge in [-0.05, 0) is 30.9 Å². The third kappa shape index (κ3) is 3.46. The molecule has 3 rings (SSSR count). The highest BCUT2D eigenvalue weighted by atomic mass is 35.5. The van der Waals surface area contributed by atoms with E-state index in [0.29, 0.717) is 12.1 Å². The third-order valence-electron chi connectivity index (χ3n) is 3.95. The molecule has 0 aromatic heterocycles. The molecule has 0 amide bonds. The van der Waals surface area contributed by atoms with E-state index in [1.54, 1.807) is 0 Å². The predicted molar refractivity (Wildman–Crippen MR) is 86.3 cm³/mol. The summed E-state index contributed by atoms with van der Waals surface area (Å²) in [6.45, 7) is 2.18. The summed E-state index contributed by atoms with van der Waals surface area (Å²) < 4.78 is 0. The number of hydrogen-bond donors (Lipinski definition) is 1. The van der Waals surface area contributed by atoms with Crippen LogP contribution in [0.2, 0.25) is 0 Å². The maximum absolute atomic E-state index is 4.82. The number of rotatable bonds is 2. The number of thioether (sulfide) groups is 1. The molecule has 1 saturated carbocycles. The molecular weight excluding hydrogens is 276 g/mol. The van der Waals surface area contributed by atoms with Crippen LogP contribution in [-0.4, -0.2) is 17.3 Å². The average Bonchev–Trinajstić information content (AvgIpc) is 2.80. The fraction of sp³-hybridized carbons (Fsp3) is 0.533. The molecule has 0 spiro atoms. The van der Waals surface area contributed by atoms with E-state index in [-0.39, 0.29) is 12.4 Å². The molecule has 2 atom stereocenters. The van der Waals surface area contributed by atoms with Gasteiger partial charge in [-0.3, -0.25) is 4.99 Å². The molecular formula is C15H21ClN2S. The van der Waals surface area contributed by atoms with Gasteiger partial charge in [0.2, 0.25) is 0 Å². The van der Waals surface area contributed by atoms with Crippen LogP contribution in [0.1, 0.15) is 36.8 Å². The van der Waals surface area contributed by atoms with Crippen molar-refractivity contribution in [2.24, 2.45) is 4.99 Å². The second kappa shape index (κ2) is 6.67. The highest BCUT2D eigenvalue weighted by Crippen LogP contribution is 2.28. The predicted octanol–water partition coefficient (Wildman–Crippen LogP) is 3.92. The Balaban J connectivity index is 0.00000133. The second-order valence-corrected chi connectivity index (χ2v) is 6.22. The first-order chi connectivity index (χ1) is 8.83. The van der Waals surface area contributed by atoms with Crippen molar-refractivity contribution in [1.82, 2.24) is 5.32 Å². The lowest BCUT2D eigenvalue weighted by atomic mass is 9.92. The van der Waals surface area contributed by atoms with Crippen molar-refractivity contribution in [3.8, 4) is 0 Å². The number of fused-ring (bicyclic) bond motifs is 1. The minimum atomic E-state index is 0. The second-order valence-electron chi connectivity index (χ2n) is 5.25. The largest absolute Gasteiger partial charge is 0.360 e. The fourth-order valence-corrected chi connectivity index (χ4v) is 3.84. The molecule has 1 aromatic carbocycles. The first-order valence-corrected chi connectivity index (χ1v) is 7.83. The van der Waals surface area contributed by atoms with E-state index >= 15 is 0 Å². The SMILES string of the molecule is Cc1ccccc1CSC1=NC2CCCCC2N1.Cl. The van der Waals surface area contributed by atoms with Gasteiger partial charge in [0.25, 0.3) is 0 Å². The topological polar surface area (TPSA) is 24.4 Å². The Morgan fingerprint density at radius 3 is 2.84 bits per heavy atom. The molecule has 1 aliphatic heterocycles. The van der Waals surface area contributed by atoms with Crippen LogP contribution in [0.15, 0.2) is 29.3 Å². The zero-order valence-electron chi connectivity index (χ0n) is 11.3. The Morgan fingerprint density at radius 2 is 2.05 bits per heavy atom. The Morgan fingerprint density at radius 1 is 1.26 bits per heavy atom. The van der Waals surface area contributed by atoms with E-state index in [4.69, 9.17) is 4.99 Å². The summed E-state index contributed by atoms with van der Waals surface area (Å²) in [7, 11) is 0. The molecule has 1 heterocycles. The molecule has 104 valence electrons. The highest BCUT2D eigenvalue weighted by molar-refractivity contribution is 8.13. The van der Waals surface area contributed by atoms with E-state index in [1.165, 1.54) is 36.8 Å². The summed E-state index contributed by atoms with van der Waals surface area (Å²) in [5.41, 5.74) is 2.79. The molecule has 1 aromatic rings. The monoisotopic (exact) mass is 296 g/mol. The summed E-state index contributed by atoms with van der Waals surface area (Å²) in [6, 6.07) is 9.79. The van der Waals surface area contributed by atoms with Gasteiger partial charge in [-0.2, -0.15) is 0 Å². The zero-order valence-corrected chi connectivity index (χ0v) is 12.9. The van der Waals surface area contributed by atoms with Crippen molar-refractivity contribution >= 4 is 29.3 Å². The maximum atomic E-state index is 4.82. The van der Waals surface area contributed by atoms with Crippen molar-refractivity contribution < 1.29 is 0 Å². The molecule has 19 heavy (non-hydrogen) atoms. The number of hydrogen-bond acceptors (Lipinski definition) is 3. The van der Waals surface area contributed by atoms with Gasteiger partial charge in [-0.25, -0.2) is 0 Å². The molecule has 0 radical (unpaired) electrons. The van der Waals surface area contributed by atoms with Gasteiger partial charge < -0.3 is 5.32 Å². The summed E-state index contributed by atoms with van der Waals surface area (Å²) in [4.78, 5) is 4.82. The van der Waals surface area contributed by atoms with Crippen LogP contribution < -0.4 is 5.32 Å². The number of aliphatic imine (C=N–C) groups is 1. The van der Waals surface area contributed by atoms with Crippen molar-refractivity contribution in [2.45, 2.75) is 50.4 Å². The van der Waals surface area contributed by atoms with Crippen LogP contribution in [0.25, 0.3) is 0 Å². The smallest absolute Gasteiger partial charge is 0.157 e. The number of nitrogens with one attached hydrogen (secondary N) is 1. The Kier molecular flexibility index (Phi) is 5.17. The summed E-state index contributed by atoms with van der Waals surface area (Å²) in [5.74, 6) is 1.03. The number of nitrogens with zero attached hydrogens (tertiary/aromatic N) is 1. The van der Waals surface area contributed by atoms with Crippen LogP contribution in [-0.2, 0) is 5.75 Å². The van der Waals surface area contributed by atoms with Gasteiger partial charge in [0.05, 0.1) is 12.1 Å². The van der Waals surface area contributed by atoms with Crippen LogP contribution in [0.5, 0.6) is 0 Å². The minimum Gasteiger partial charge on any atom is -0.360 e. The quantitative estimate of drug-likeness (QED) is 0.894. The summed E-state index contributed by atoms with van der Waals surface area (Å²) >= 11 is 1.86. The lowest BCUT2D eigenvalue weighted by Gasteiger charge is -2.23. The van der Waals surface area contributed by atoms with E-state index in [0.717, 1.165) is 10.9 Å². The van der Waals surface area contributed by atoms with E-state index < -0.39 is 0 Å². The van der Waals surface area contributed by atoms with Gasteiger partial charge in [0.1, 0.15) is 0 Å². The Bertz CT molecular complexity index is 461. The molecule has 0 bridgehead atoms. The summed E-state index contributed by atoms with van der Waals surface area (Å²) in [5, 5.41) is 4.76. The number of amidine groups is 1. The number of halogens is 1. The van der Waals surface area contributed by atoms with Gasteiger partial charge >= 0.3 is 0 Å². The highest BCUT2D eigenvalue weighted by Gasteiger charge is 2.30. The maximum Gasteiger partial charge on any atom is 0.157 e. The fourth-order valence-electron chi connectivity index (χ4n) is 2.78. The molecule has 2 nitrogen and oxygen atoms in total. The van der Waals surface area contributed by atoms with E-state index in [2.05, 4.69) is 36.5 Å². The third-order valence-corrected chi connectivity index (χ3v) is 4.90. The lowest BCUT2D eigenvalue weighted by Crippen LogP contribution is -2.36. The average molecular weight is 297 g/mol. The van der Waals surface area contributed by atoms with Crippen molar-refractivity contribution in [1.29, 1.82) is 0 Å². The van der Waals surface area contributed by atoms with Crippen LogP contribution in [0.3, 0.4) is 0 Å². The molecule has 4 heteroatoms. The number of aryl methyl sites for hydroxylation is 1. The van der Waals surface area contributed by atoms with Crippen LogP contribution in [0.4, 0.5) is 0 Å². The first-order valence-electron chi connectivity index (χ1n) is 6.84. The van der Waals surface area contributed by atoms with Gasteiger partial charge in [-0.15, -0.1) is 12.4 Å². The van der Waals surface area contributed by atoms with Gasteiger partial charge in [0, 0.05) is 5.75 Å².